The van der Waals surface area contributed by atoms with Crippen LogP contribution in [0, 0.1) is 0 Å². The second-order valence-electron chi connectivity index (χ2n) is 15.4. The predicted octanol–water partition coefficient (Wildman–Crippen LogP) is 15.2. The standard InChI is InChI=1S/C53H41N3O.2C2H6/c1-34-42-16-7-6-15-40(42)33-56(49-31-28-37-14-5-8-17-43(37)51(34)49)41-29-26-39(27-30-41)48-32-47(38-24-22-36(23-25-38)35-12-3-2-4-13-35)54-53(55-48)46-20-11-19-45-44-18-9-10-21-50(44)57-52(45)46;2*1-2/h2-3,5-12,14-32,47,53-55H,1,4,13,33H2;2*1-2H3. The lowest BCUT2D eigenvalue weighted by atomic mass is 9.92. The number of para-hydroxylation sites is 2. The molecule has 2 aliphatic heterocycles. The Morgan fingerprint density at radius 1 is 0.672 bits per heavy atom. The van der Waals surface area contributed by atoms with Crippen molar-refractivity contribution in [1.29, 1.82) is 0 Å². The van der Waals surface area contributed by atoms with E-state index in [2.05, 4.69) is 192 Å². The van der Waals surface area contributed by atoms with Gasteiger partial charge in [-0.1, -0.05) is 180 Å². The van der Waals surface area contributed by atoms with Gasteiger partial charge < -0.3 is 14.6 Å². The quantitative estimate of drug-likeness (QED) is 0.182. The Bertz CT molecular complexity index is 2960. The summed E-state index contributed by atoms with van der Waals surface area (Å²) in [5, 5.41) is 12.5. The molecule has 0 saturated carbocycles. The smallest absolute Gasteiger partial charge is 0.142 e. The Morgan fingerprint density at radius 3 is 2.20 bits per heavy atom. The number of allylic oxidation sites excluding steroid dienone is 4. The third kappa shape index (κ3) is 7.38. The molecule has 61 heavy (non-hydrogen) atoms. The summed E-state index contributed by atoms with van der Waals surface area (Å²) >= 11 is 0. The zero-order chi connectivity index (χ0) is 41.9. The Kier molecular flexibility index (Phi) is 11.3. The highest BCUT2D eigenvalue weighted by Crippen LogP contribution is 2.44. The minimum absolute atomic E-state index is 0.0341. The predicted molar refractivity (Wildman–Crippen MR) is 260 cm³/mol. The van der Waals surface area contributed by atoms with Gasteiger partial charge in [-0.25, -0.2) is 0 Å². The molecule has 1 aromatic heterocycles. The van der Waals surface area contributed by atoms with E-state index in [-0.39, 0.29) is 12.2 Å². The van der Waals surface area contributed by atoms with Crippen LogP contribution in [-0.2, 0) is 6.54 Å². The van der Waals surface area contributed by atoms with Gasteiger partial charge in [-0.2, -0.15) is 0 Å². The number of fused-ring (bicyclic) bond motifs is 7. The highest BCUT2D eigenvalue weighted by Gasteiger charge is 2.28. The molecule has 7 aromatic carbocycles. The number of hydrogen-bond acceptors (Lipinski definition) is 4. The second kappa shape index (κ2) is 17.4. The molecule has 302 valence electrons. The molecule has 0 amide bonds. The number of furan rings is 1. The summed E-state index contributed by atoms with van der Waals surface area (Å²) in [5.74, 6) is 0. The fourth-order valence-corrected chi connectivity index (χ4v) is 9.12. The average molecular weight is 796 g/mol. The molecule has 4 heteroatoms. The van der Waals surface area contributed by atoms with Crippen LogP contribution in [0.15, 0.2) is 187 Å². The SMILES string of the molecule is C=C1c2ccccc2CN(c2ccc(C3=CC(c4ccc(C5=CC=CCC5)cc4)NC(c4cccc5c4oc4ccccc45)N3)cc2)c2ccc3ccccc3c21.CC.CC. The van der Waals surface area contributed by atoms with E-state index in [9.17, 15) is 0 Å². The maximum absolute atomic E-state index is 6.56. The van der Waals surface area contributed by atoms with Gasteiger partial charge in [-0.3, -0.25) is 5.32 Å². The van der Waals surface area contributed by atoms with Crippen LogP contribution in [0.5, 0.6) is 0 Å². The summed E-state index contributed by atoms with van der Waals surface area (Å²) in [7, 11) is 0. The van der Waals surface area contributed by atoms with Crippen LogP contribution < -0.4 is 15.5 Å². The van der Waals surface area contributed by atoms with Gasteiger partial charge >= 0.3 is 0 Å². The van der Waals surface area contributed by atoms with E-state index >= 15 is 0 Å². The van der Waals surface area contributed by atoms with Gasteiger partial charge in [0.25, 0.3) is 0 Å². The van der Waals surface area contributed by atoms with E-state index in [1.807, 2.05) is 33.8 Å². The van der Waals surface area contributed by atoms with Crippen LogP contribution in [-0.4, -0.2) is 0 Å². The first-order valence-corrected chi connectivity index (χ1v) is 21.9. The summed E-state index contributed by atoms with van der Waals surface area (Å²) in [4.78, 5) is 2.44. The highest BCUT2D eigenvalue weighted by atomic mass is 16.3. The minimum atomic E-state index is -0.196. The van der Waals surface area contributed by atoms with Crippen LogP contribution in [0.2, 0.25) is 0 Å². The van der Waals surface area contributed by atoms with Crippen LogP contribution >= 0.6 is 0 Å². The van der Waals surface area contributed by atoms with Crippen molar-refractivity contribution in [2.45, 2.75) is 59.3 Å². The number of benzene rings is 7. The Labute approximate surface area is 360 Å². The molecule has 0 spiro atoms. The van der Waals surface area contributed by atoms with Gasteiger partial charge in [0.15, 0.2) is 0 Å². The first-order valence-electron chi connectivity index (χ1n) is 21.9. The second-order valence-corrected chi connectivity index (χ2v) is 15.4. The molecular formula is C57H53N3O. The van der Waals surface area contributed by atoms with Gasteiger partial charge in [-0.15, -0.1) is 0 Å². The zero-order valence-corrected chi connectivity index (χ0v) is 35.6. The topological polar surface area (TPSA) is 40.4 Å². The maximum Gasteiger partial charge on any atom is 0.142 e. The van der Waals surface area contributed by atoms with Crippen LogP contribution in [0.1, 0.15) is 91.7 Å². The first-order chi connectivity index (χ1) is 30.2. The van der Waals surface area contributed by atoms with Crippen molar-refractivity contribution in [3.05, 3.63) is 221 Å². The molecule has 3 heterocycles. The van der Waals surface area contributed by atoms with Crippen molar-refractivity contribution >= 4 is 60.9 Å². The summed E-state index contributed by atoms with van der Waals surface area (Å²) < 4.78 is 6.56. The lowest BCUT2D eigenvalue weighted by molar-refractivity contribution is 0.441. The third-order valence-electron chi connectivity index (χ3n) is 12.0. The van der Waals surface area contributed by atoms with E-state index < -0.39 is 0 Å². The number of nitrogens with zero attached hydrogens (tertiary/aromatic N) is 1. The zero-order valence-electron chi connectivity index (χ0n) is 35.6. The molecule has 4 nitrogen and oxygen atoms in total. The van der Waals surface area contributed by atoms with Crippen LogP contribution in [0.4, 0.5) is 11.4 Å². The molecule has 1 aliphatic carbocycles. The monoisotopic (exact) mass is 795 g/mol. The largest absolute Gasteiger partial charge is 0.456 e. The third-order valence-corrected chi connectivity index (χ3v) is 12.0. The van der Waals surface area contributed by atoms with E-state index in [0.29, 0.717) is 0 Å². The number of anilines is 2. The van der Waals surface area contributed by atoms with Crippen molar-refractivity contribution in [2.75, 3.05) is 4.90 Å². The van der Waals surface area contributed by atoms with Gasteiger partial charge in [-0.05, 0) is 92.9 Å². The molecule has 3 aliphatic rings. The molecule has 8 aromatic rings. The van der Waals surface area contributed by atoms with Crippen molar-refractivity contribution in [1.82, 2.24) is 10.6 Å². The van der Waals surface area contributed by atoms with E-state index in [1.165, 1.54) is 49.9 Å². The molecule has 0 saturated heterocycles. The van der Waals surface area contributed by atoms with Gasteiger partial charge in [0.1, 0.15) is 17.3 Å². The van der Waals surface area contributed by atoms with Crippen molar-refractivity contribution < 1.29 is 4.42 Å². The highest BCUT2D eigenvalue weighted by molar-refractivity contribution is 6.06. The molecule has 0 fully saturated rings. The van der Waals surface area contributed by atoms with Gasteiger partial charge in [0.2, 0.25) is 0 Å². The van der Waals surface area contributed by atoms with Crippen molar-refractivity contribution in [3.63, 3.8) is 0 Å². The Morgan fingerprint density at radius 2 is 1.39 bits per heavy atom. The average Bonchev–Trinajstić information content (AvgIpc) is 3.67. The summed E-state index contributed by atoms with van der Waals surface area (Å²) in [5.41, 5.74) is 16.0. The number of nitrogens with one attached hydrogen (secondary N) is 2. The van der Waals surface area contributed by atoms with Crippen molar-refractivity contribution in [3.8, 4) is 0 Å². The van der Waals surface area contributed by atoms with E-state index in [0.717, 1.165) is 69.4 Å². The molecule has 0 radical (unpaired) electrons. The van der Waals surface area contributed by atoms with Crippen molar-refractivity contribution in [2.24, 2.45) is 0 Å². The van der Waals surface area contributed by atoms with E-state index in [4.69, 9.17) is 4.42 Å². The molecular weight excluding hydrogens is 743 g/mol. The Hall–Kier alpha value is -6.88. The fraction of sp³-hybridized carbons (Fsp3) is 0.158. The summed E-state index contributed by atoms with van der Waals surface area (Å²) in [6, 6.07) is 54.7. The fourth-order valence-electron chi connectivity index (χ4n) is 9.12. The molecule has 2 atom stereocenters. The van der Waals surface area contributed by atoms with Gasteiger partial charge in [0, 0.05) is 45.5 Å². The molecule has 0 bridgehead atoms. The lowest BCUT2D eigenvalue weighted by Crippen LogP contribution is -2.39. The summed E-state index contributed by atoms with van der Waals surface area (Å²) in [6.07, 6.45) is 11.0. The minimum Gasteiger partial charge on any atom is -0.456 e. The van der Waals surface area contributed by atoms with Crippen LogP contribution in [0.25, 0.3) is 49.6 Å². The van der Waals surface area contributed by atoms with Crippen LogP contribution in [0.3, 0.4) is 0 Å². The lowest BCUT2D eigenvalue weighted by Gasteiger charge is -2.33. The molecule has 2 unspecified atom stereocenters. The van der Waals surface area contributed by atoms with E-state index in [1.54, 1.807) is 0 Å². The number of hydrogen-bond donors (Lipinski definition) is 2. The number of rotatable bonds is 5. The normalized spacial score (nSPS) is 16.9. The van der Waals surface area contributed by atoms with Gasteiger partial charge in [0.05, 0.1) is 6.04 Å². The first kappa shape index (κ1) is 39.6. The summed E-state index contributed by atoms with van der Waals surface area (Å²) in [6.45, 7) is 13.4. The Balaban J connectivity index is 0.00000116. The molecule has 11 rings (SSSR count). The maximum atomic E-state index is 6.56. The molecule has 2 N–H and O–H groups in total.